The highest BCUT2D eigenvalue weighted by Gasteiger charge is 2.37. The first-order valence-corrected chi connectivity index (χ1v) is 8.13. The highest BCUT2D eigenvalue weighted by atomic mass is 19.4. The SMILES string of the molecule is COCCC(=O)N1CCN(c2ccc(C#N)c(C(F)(F)F)c2)C(C(N)=O)C1. The van der Waals surface area contributed by atoms with Gasteiger partial charge in [-0.2, -0.15) is 18.4 Å². The number of hydrogen-bond acceptors (Lipinski definition) is 5. The molecule has 0 aliphatic carbocycles. The van der Waals surface area contributed by atoms with Gasteiger partial charge in [-0.25, -0.2) is 0 Å². The van der Waals surface area contributed by atoms with Gasteiger partial charge in [-0.3, -0.25) is 9.59 Å². The molecule has 1 aliphatic heterocycles. The van der Waals surface area contributed by atoms with Crippen LogP contribution in [0.4, 0.5) is 18.9 Å². The Morgan fingerprint density at radius 2 is 2.07 bits per heavy atom. The van der Waals surface area contributed by atoms with Crippen LogP contribution in [0.1, 0.15) is 17.5 Å². The summed E-state index contributed by atoms with van der Waals surface area (Å²) in [5.74, 6) is -0.976. The molecule has 0 saturated carbocycles. The second-order valence-electron chi connectivity index (χ2n) is 6.03. The van der Waals surface area contributed by atoms with E-state index in [-0.39, 0.29) is 44.3 Å². The Morgan fingerprint density at radius 3 is 2.63 bits per heavy atom. The number of nitrogens with zero attached hydrogens (tertiary/aromatic N) is 3. The number of hydrogen-bond donors (Lipinski definition) is 1. The molecule has 1 aromatic carbocycles. The first-order valence-electron chi connectivity index (χ1n) is 8.13. The van der Waals surface area contributed by atoms with Crippen molar-refractivity contribution in [2.45, 2.75) is 18.6 Å². The van der Waals surface area contributed by atoms with Crippen LogP contribution in [0.2, 0.25) is 0 Å². The number of primary amides is 1. The summed E-state index contributed by atoms with van der Waals surface area (Å²) in [7, 11) is 1.46. The lowest BCUT2D eigenvalue weighted by Gasteiger charge is -2.41. The van der Waals surface area contributed by atoms with E-state index in [0.29, 0.717) is 0 Å². The molecule has 1 aromatic rings. The standard InChI is InChI=1S/C17H19F3N4O3/c1-27-7-4-15(25)23-5-6-24(14(10-23)16(22)26)12-3-2-11(9-21)13(8-12)17(18,19)20/h2-3,8,14H,4-7,10H2,1H3,(H2,22,26). The largest absolute Gasteiger partial charge is 0.417 e. The molecule has 1 unspecified atom stereocenters. The molecule has 1 atom stereocenters. The van der Waals surface area contributed by atoms with E-state index in [0.717, 1.165) is 12.1 Å². The molecule has 2 N–H and O–H groups in total. The number of rotatable bonds is 5. The third-order valence-electron chi connectivity index (χ3n) is 4.34. The fourth-order valence-electron chi connectivity index (χ4n) is 2.95. The normalized spacial score (nSPS) is 17.5. The molecular weight excluding hydrogens is 365 g/mol. The topological polar surface area (TPSA) is 99.7 Å². The van der Waals surface area contributed by atoms with Crippen LogP contribution in [0.15, 0.2) is 18.2 Å². The van der Waals surface area contributed by atoms with Gasteiger partial charge in [0, 0.05) is 25.9 Å². The van der Waals surface area contributed by atoms with Crippen molar-refractivity contribution < 1.29 is 27.5 Å². The fraction of sp³-hybridized carbons (Fsp3) is 0.471. The summed E-state index contributed by atoms with van der Waals surface area (Å²) in [5, 5.41) is 8.90. The number of carbonyl (C=O) groups excluding carboxylic acids is 2. The maximum absolute atomic E-state index is 13.2. The third-order valence-corrected chi connectivity index (χ3v) is 4.34. The van der Waals surface area contributed by atoms with Crippen LogP contribution in [-0.2, 0) is 20.5 Å². The number of anilines is 1. The summed E-state index contributed by atoms with van der Waals surface area (Å²) >= 11 is 0. The quantitative estimate of drug-likeness (QED) is 0.820. The van der Waals surface area contributed by atoms with Crippen LogP contribution in [0.3, 0.4) is 0 Å². The monoisotopic (exact) mass is 384 g/mol. The number of ether oxygens (including phenoxy) is 1. The summed E-state index contributed by atoms with van der Waals surface area (Å²) in [6.45, 7) is 0.563. The Morgan fingerprint density at radius 1 is 1.37 bits per heavy atom. The molecule has 2 rings (SSSR count). The van der Waals surface area contributed by atoms with E-state index in [2.05, 4.69) is 0 Å². The number of nitriles is 1. The van der Waals surface area contributed by atoms with Crippen molar-refractivity contribution in [1.29, 1.82) is 5.26 Å². The van der Waals surface area contributed by atoms with Gasteiger partial charge in [-0.05, 0) is 18.2 Å². The van der Waals surface area contributed by atoms with E-state index < -0.39 is 29.3 Å². The number of amides is 2. The molecule has 10 heteroatoms. The minimum atomic E-state index is -4.71. The molecule has 0 aromatic heterocycles. The summed E-state index contributed by atoms with van der Waals surface area (Å²) < 4.78 is 44.4. The highest BCUT2D eigenvalue weighted by Crippen LogP contribution is 2.35. The molecule has 0 spiro atoms. The summed E-state index contributed by atoms with van der Waals surface area (Å²) in [5.41, 5.74) is 3.96. The van der Waals surface area contributed by atoms with E-state index in [9.17, 15) is 22.8 Å². The average molecular weight is 384 g/mol. The van der Waals surface area contributed by atoms with E-state index in [1.807, 2.05) is 0 Å². The van der Waals surface area contributed by atoms with Gasteiger partial charge >= 0.3 is 6.18 Å². The molecule has 0 radical (unpaired) electrons. The van der Waals surface area contributed by atoms with Crippen LogP contribution in [-0.4, -0.2) is 56.1 Å². The van der Waals surface area contributed by atoms with Crippen molar-refractivity contribution in [2.24, 2.45) is 5.73 Å². The summed E-state index contributed by atoms with van der Waals surface area (Å²) in [6.07, 6.45) is -4.57. The second kappa shape index (κ2) is 8.26. The Bertz CT molecular complexity index is 761. The number of halogens is 3. The first kappa shape index (κ1) is 20.5. The van der Waals surface area contributed by atoms with Gasteiger partial charge in [0.15, 0.2) is 0 Å². The Hall–Kier alpha value is -2.80. The van der Waals surface area contributed by atoms with Crippen LogP contribution in [0, 0.1) is 11.3 Å². The molecule has 1 fully saturated rings. The van der Waals surface area contributed by atoms with Crippen molar-refractivity contribution in [2.75, 3.05) is 38.3 Å². The first-order chi connectivity index (χ1) is 12.7. The van der Waals surface area contributed by atoms with Crippen molar-refractivity contribution >= 4 is 17.5 Å². The van der Waals surface area contributed by atoms with Crippen molar-refractivity contribution in [3.8, 4) is 6.07 Å². The zero-order valence-corrected chi connectivity index (χ0v) is 14.6. The predicted octanol–water partition coefficient (Wildman–Crippen LogP) is 1.12. The van der Waals surface area contributed by atoms with E-state index in [1.54, 1.807) is 0 Å². The molecular formula is C17H19F3N4O3. The Labute approximate surface area is 154 Å². The smallest absolute Gasteiger partial charge is 0.384 e. The average Bonchev–Trinajstić information content (AvgIpc) is 2.64. The third kappa shape index (κ3) is 4.68. The number of piperazine rings is 1. The van der Waals surface area contributed by atoms with Crippen molar-refractivity contribution in [3.63, 3.8) is 0 Å². The van der Waals surface area contributed by atoms with Crippen molar-refractivity contribution in [1.82, 2.24) is 4.90 Å². The zero-order chi connectivity index (χ0) is 20.2. The van der Waals surface area contributed by atoms with Crippen LogP contribution >= 0.6 is 0 Å². The second-order valence-corrected chi connectivity index (χ2v) is 6.03. The number of nitrogens with two attached hydrogens (primary N) is 1. The summed E-state index contributed by atoms with van der Waals surface area (Å²) in [4.78, 5) is 26.9. The van der Waals surface area contributed by atoms with Gasteiger partial charge < -0.3 is 20.3 Å². The zero-order valence-electron chi connectivity index (χ0n) is 14.6. The lowest BCUT2D eigenvalue weighted by molar-refractivity contribution is -0.137. The molecule has 146 valence electrons. The minimum absolute atomic E-state index is 0.0285. The van der Waals surface area contributed by atoms with E-state index >= 15 is 0 Å². The van der Waals surface area contributed by atoms with Crippen LogP contribution in [0.5, 0.6) is 0 Å². The lowest BCUT2D eigenvalue weighted by Crippen LogP contribution is -2.59. The number of methoxy groups -OCH3 is 1. The molecule has 27 heavy (non-hydrogen) atoms. The molecule has 7 nitrogen and oxygen atoms in total. The Balaban J connectivity index is 2.29. The summed E-state index contributed by atoms with van der Waals surface area (Å²) in [6, 6.07) is 3.77. The van der Waals surface area contributed by atoms with Gasteiger partial charge in [-0.15, -0.1) is 0 Å². The minimum Gasteiger partial charge on any atom is -0.384 e. The van der Waals surface area contributed by atoms with Gasteiger partial charge in [0.05, 0.1) is 36.8 Å². The fourth-order valence-corrected chi connectivity index (χ4v) is 2.95. The molecule has 0 bridgehead atoms. The molecule has 1 aliphatic rings. The van der Waals surface area contributed by atoms with E-state index in [1.165, 1.54) is 29.0 Å². The van der Waals surface area contributed by atoms with Gasteiger partial charge in [0.2, 0.25) is 11.8 Å². The van der Waals surface area contributed by atoms with Crippen LogP contribution in [0.25, 0.3) is 0 Å². The molecule has 1 heterocycles. The van der Waals surface area contributed by atoms with E-state index in [4.69, 9.17) is 15.7 Å². The number of carbonyl (C=O) groups is 2. The molecule has 1 saturated heterocycles. The van der Waals surface area contributed by atoms with Crippen molar-refractivity contribution in [3.05, 3.63) is 29.3 Å². The van der Waals surface area contributed by atoms with Gasteiger partial charge in [0.25, 0.3) is 0 Å². The van der Waals surface area contributed by atoms with Gasteiger partial charge in [-0.1, -0.05) is 0 Å². The van der Waals surface area contributed by atoms with Crippen LogP contribution < -0.4 is 10.6 Å². The predicted molar refractivity (Wildman–Crippen MR) is 89.6 cm³/mol. The maximum Gasteiger partial charge on any atom is 0.417 e. The Kier molecular flexibility index (Phi) is 6.28. The number of alkyl halides is 3. The number of benzene rings is 1. The maximum atomic E-state index is 13.2. The van der Waals surface area contributed by atoms with Gasteiger partial charge in [0.1, 0.15) is 6.04 Å². The lowest BCUT2D eigenvalue weighted by atomic mass is 10.0. The highest BCUT2D eigenvalue weighted by molar-refractivity contribution is 5.86. The molecule has 2 amide bonds.